The van der Waals surface area contributed by atoms with Crippen molar-refractivity contribution in [1.29, 1.82) is 0 Å². The average Bonchev–Trinajstić information content (AvgIpc) is 2.68. The fourth-order valence-electron chi connectivity index (χ4n) is 2.83. The number of urea groups is 1. The third-order valence-corrected chi connectivity index (χ3v) is 4.57. The summed E-state index contributed by atoms with van der Waals surface area (Å²) < 4.78 is 5.65. The highest BCUT2D eigenvalue weighted by Crippen LogP contribution is 2.24. The van der Waals surface area contributed by atoms with Gasteiger partial charge in [0.1, 0.15) is 18.2 Å². The Morgan fingerprint density at radius 3 is 2.77 bits per heavy atom. The Labute approximate surface area is 158 Å². The quantitative estimate of drug-likeness (QED) is 0.817. The summed E-state index contributed by atoms with van der Waals surface area (Å²) in [4.78, 5) is 20.6. The molecule has 2 amide bonds. The van der Waals surface area contributed by atoms with Crippen LogP contribution < -0.4 is 15.0 Å². The number of aryl methyl sites for hydroxylation is 1. The molecule has 0 unspecified atom stereocenters. The average molecular weight is 375 g/mol. The maximum absolute atomic E-state index is 12.3. The molecule has 2 aromatic rings. The minimum Gasteiger partial charge on any atom is -0.490 e. The van der Waals surface area contributed by atoms with Crippen molar-refractivity contribution < 1.29 is 9.53 Å². The first kappa shape index (κ1) is 18.3. The summed E-state index contributed by atoms with van der Waals surface area (Å²) in [5.74, 6) is 1.60. The van der Waals surface area contributed by atoms with Crippen LogP contribution in [-0.4, -0.2) is 55.2 Å². The molecule has 1 fully saturated rings. The smallest absolute Gasteiger partial charge is 0.317 e. The number of nitrogens with one attached hydrogen (secondary N) is 1. The van der Waals surface area contributed by atoms with Crippen LogP contribution in [0.4, 0.5) is 10.6 Å². The summed E-state index contributed by atoms with van der Waals surface area (Å²) in [5, 5.41) is 3.47. The Kier molecular flexibility index (Phi) is 6.17. The van der Waals surface area contributed by atoms with Crippen molar-refractivity contribution in [2.45, 2.75) is 6.92 Å². The van der Waals surface area contributed by atoms with Crippen LogP contribution >= 0.6 is 11.6 Å². The molecule has 6 nitrogen and oxygen atoms in total. The molecule has 0 spiro atoms. The van der Waals surface area contributed by atoms with Gasteiger partial charge in [-0.1, -0.05) is 23.7 Å². The number of piperazine rings is 1. The van der Waals surface area contributed by atoms with E-state index in [0.717, 1.165) is 24.5 Å². The fraction of sp³-hybridized carbons (Fsp3) is 0.368. The van der Waals surface area contributed by atoms with Gasteiger partial charge in [-0.3, -0.25) is 0 Å². The molecule has 1 aliphatic heterocycles. The lowest BCUT2D eigenvalue weighted by Gasteiger charge is -2.35. The second-order valence-corrected chi connectivity index (χ2v) is 6.58. The van der Waals surface area contributed by atoms with Crippen LogP contribution in [0.2, 0.25) is 5.02 Å². The summed E-state index contributed by atoms with van der Waals surface area (Å²) in [6.45, 7) is 5.70. The molecular weight excluding hydrogens is 352 g/mol. The van der Waals surface area contributed by atoms with Gasteiger partial charge in [-0.2, -0.15) is 0 Å². The van der Waals surface area contributed by atoms with Crippen LogP contribution in [0.15, 0.2) is 42.6 Å². The van der Waals surface area contributed by atoms with E-state index in [1.165, 1.54) is 0 Å². The molecule has 1 saturated heterocycles. The number of carbonyl (C=O) groups excluding carboxylic acids is 1. The topological polar surface area (TPSA) is 57.7 Å². The van der Waals surface area contributed by atoms with Crippen molar-refractivity contribution in [2.75, 3.05) is 44.2 Å². The lowest BCUT2D eigenvalue weighted by molar-refractivity contribution is 0.191. The maximum Gasteiger partial charge on any atom is 0.317 e. The number of anilines is 1. The summed E-state index contributed by atoms with van der Waals surface area (Å²) in [6, 6.07) is 11.4. The number of pyridine rings is 1. The van der Waals surface area contributed by atoms with E-state index in [1.807, 2.05) is 48.2 Å². The monoisotopic (exact) mass is 374 g/mol. The summed E-state index contributed by atoms with van der Waals surface area (Å²) in [5.41, 5.74) is 1.08. The molecule has 26 heavy (non-hydrogen) atoms. The number of halogens is 1. The number of aromatic nitrogens is 1. The Morgan fingerprint density at radius 1 is 1.23 bits per heavy atom. The second-order valence-electron chi connectivity index (χ2n) is 6.18. The van der Waals surface area contributed by atoms with Crippen molar-refractivity contribution in [3.05, 3.63) is 53.2 Å². The largest absolute Gasteiger partial charge is 0.490 e. The first-order valence-electron chi connectivity index (χ1n) is 8.71. The molecule has 0 bridgehead atoms. The first-order chi connectivity index (χ1) is 12.6. The molecule has 1 N–H and O–H groups in total. The Morgan fingerprint density at radius 2 is 2.04 bits per heavy atom. The lowest BCUT2D eigenvalue weighted by Crippen LogP contribution is -2.52. The Balaban J connectivity index is 1.39. The number of carbonyl (C=O) groups is 1. The van der Waals surface area contributed by atoms with E-state index in [2.05, 4.69) is 15.2 Å². The molecule has 138 valence electrons. The summed E-state index contributed by atoms with van der Waals surface area (Å²) in [6.07, 6.45) is 1.79. The Bertz CT molecular complexity index is 734. The highest BCUT2D eigenvalue weighted by atomic mass is 35.5. The van der Waals surface area contributed by atoms with Gasteiger partial charge in [0.25, 0.3) is 0 Å². The second kappa shape index (κ2) is 8.76. The standard InChI is InChI=1S/C19H23ClN4O2/c1-15-5-6-16(20)17(14-15)26-13-8-22-19(25)24-11-9-23(10-12-24)18-4-2-3-7-21-18/h2-7,14H,8-13H2,1H3,(H,22,25). The fourth-order valence-corrected chi connectivity index (χ4v) is 3.00. The number of rotatable bonds is 5. The van der Waals surface area contributed by atoms with Crippen molar-refractivity contribution in [3.63, 3.8) is 0 Å². The molecule has 2 heterocycles. The van der Waals surface area contributed by atoms with E-state index < -0.39 is 0 Å². The van der Waals surface area contributed by atoms with E-state index >= 15 is 0 Å². The number of amides is 2. The van der Waals surface area contributed by atoms with Gasteiger partial charge in [0.2, 0.25) is 0 Å². The van der Waals surface area contributed by atoms with Crippen LogP contribution in [0.3, 0.4) is 0 Å². The molecule has 7 heteroatoms. The predicted molar refractivity (Wildman–Crippen MR) is 103 cm³/mol. The minimum absolute atomic E-state index is 0.0652. The van der Waals surface area contributed by atoms with Crippen molar-refractivity contribution in [1.82, 2.24) is 15.2 Å². The van der Waals surface area contributed by atoms with E-state index in [-0.39, 0.29) is 6.03 Å². The zero-order chi connectivity index (χ0) is 18.4. The van der Waals surface area contributed by atoms with Gasteiger partial charge in [-0.25, -0.2) is 9.78 Å². The molecule has 1 aromatic carbocycles. The molecule has 0 aliphatic carbocycles. The highest BCUT2D eigenvalue weighted by molar-refractivity contribution is 6.32. The molecular formula is C19H23ClN4O2. The lowest BCUT2D eigenvalue weighted by atomic mass is 10.2. The van der Waals surface area contributed by atoms with Gasteiger partial charge in [-0.15, -0.1) is 0 Å². The van der Waals surface area contributed by atoms with E-state index in [0.29, 0.717) is 37.0 Å². The number of ether oxygens (including phenoxy) is 1. The maximum atomic E-state index is 12.3. The van der Waals surface area contributed by atoms with Crippen molar-refractivity contribution in [3.8, 4) is 5.75 Å². The van der Waals surface area contributed by atoms with Crippen LogP contribution in [0.1, 0.15) is 5.56 Å². The van der Waals surface area contributed by atoms with E-state index in [4.69, 9.17) is 16.3 Å². The highest BCUT2D eigenvalue weighted by Gasteiger charge is 2.21. The van der Waals surface area contributed by atoms with Gasteiger partial charge < -0.3 is 19.9 Å². The van der Waals surface area contributed by atoms with Crippen LogP contribution in [-0.2, 0) is 0 Å². The summed E-state index contributed by atoms with van der Waals surface area (Å²) in [7, 11) is 0. The molecule has 0 atom stereocenters. The number of hydrogen-bond acceptors (Lipinski definition) is 4. The predicted octanol–water partition coefficient (Wildman–Crippen LogP) is 2.95. The Hall–Kier alpha value is -2.47. The zero-order valence-corrected chi connectivity index (χ0v) is 15.6. The van der Waals surface area contributed by atoms with Crippen molar-refractivity contribution >= 4 is 23.4 Å². The normalized spacial score (nSPS) is 14.2. The summed E-state index contributed by atoms with van der Waals surface area (Å²) >= 11 is 6.09. The van der Waals surface area contributed by atoms with Crippen LogP contribution in [0.25, 0.3) is 0 Å². The third-order valence-electron chi connectivity index (χ3n) is 4.26. The number of hydrogen-bond donors (Lipinski definition) is 1. The van der Waals surface area contributed by atoms with Gasteiger partial charge in [0, 0.05) is 32.4 Å². The minimum atomic E-state index is -0.0652. The van der Waals surface area contributed by atoms with Gasteiger partial charge in [0.05, 0.1) is 11.6 Å². The molecule has 0 radical (unpaired) electrons. The third kappa shape index (κ3) is 4.79. The molecule has 0 saturated carbocycles. The molecule has 3 rings (SSSR count). The van der Waals surface area contributed by atoms with E-state index in [1.54, 1.807) is 6.20 Å². The SMILES string of the molecule is Cc1ccc(Cl)c(OCCNC(=O)N2CCN(c3ccccn3)CC2)c1. The van der Waals surface area contributed by atoms with Crippen LogP contribution in [0, 0.1) is 6.92 Å². The van der Waals surface area contributed by atoms with Gasteiger partial charge >= 0.3 is 6.03 Å². The van der Waals surface area contributed by atoms with Gasteiger partial charge in [-0.05, 0) is 36.8 Å². The first-order valence-corrected chi connectivity index (χ1v) is 9.09. The molecule has 1 aliphatic rings. The van der Waals surface area contributed by atoms with E-state index in [9.17, 15) is 4.79 Å². The molecule has 1 aromatic heterocycles. The number of benzene rings is 1. The van der Waals surface area contributed by atoms with Crippen molar-refractivity contribution in [2.24, 2.45) is 0 Å². The van der Waals surface area contributed by atoms with Crippen LogP contribution in [0.5, 0.6) is 5.75 Å². The van der Waals surface area contributed by atoms with Gasteiger partial charge in [0.15, 0.2) is 0 Å². The zero-order valence-electron chi connectivity index (χ0n) is 14.8. The number of nitrogens with zero attached hydrogens (tertiary/aromatic N) is 3.